The second-order valence-corrected chi connectivity index (χ2v) is 13.2. The van der Waals surface area contributed by atoms with Gasteiger partial charge in [0.05, 0.1) is 10.8 Å². The van der Waals surface area contributed by atoms with Crippen molar-refractivity contribution >= 4 is 33.5 Å². The van der Waals surface area contributed by atoms with Gasteiger partial charge in [0.25, 0.3) is 0 Å². The molecule has 0 atom stereocenters. The monoisotopic (exact) mass is 604 g/mol. The highest BCUT2D eigenvalue weighted by Crippen LogP contribution is 2.68. The molecular weight excluding hydrogens is 580 g/mol. The van der Waals surface area contributed by atoms with E-state index in [1.165, 1.54) is 61.2 Å². The number of hydrogen-bond donors (Lipinski definition) is 0. The molecule has 0 amide bonds. The van der Waals surface area contributed by atoms with Crippen LogP contribution in [0.4, 0.5) is 0 Å². The molecule has 1 aromatic heterocycles. The topological polar surface area (TPSA) is 13.1 Å². The summed E-state index contributed by atoms with van der Waals surface area (Å²) in [4.78, 5) is 0. The van der Waals surface area contributed by atoms with Crippen molar-refractivity contribution < 1.29 is 4.42 Å². The first kappa shape index (κ1) is 24.9. The predicted molar refractivity (Wildman–Crippen MR) is 187 cm³/mol. The van der Waals surface area contributed by atoms with Gasteiger partial charge < -0.3 is 4.42 Å². The van der Waals surface area contributed by atoms with Gasteiger partial charge in [-0.15, -0.1) is 0 Å². The number of fused-ring (bicyclic) bond motifs is 19. The Kier molecular flexibility index (Phi) is 4.58. The fourth-order valence-electron chi connectivity index (χ4n) is 9.51. The van der Waals surface area contributed by atoms with Crippen molar-refractivity contribution in [3.63, 3.8) is 0 Å². The van der Waals surface area contributed by atoms with Crippen LogP contribution >= 0.6 is 11.6 Å². The largest absolute Gasteiger partial charge is 0.456 e. The molecule has 2 spiro atoms. The van der Waals surface area contributed by atoms with E-state index in [1.54, 1.807) is 0 Å². The van der Waals surface area contributed by atoms with Gasteiger partial charge in [-0.05, 0) is 91.0 Å². The molecule has 0 N–H and O–H groups in total. The standard InChI is InChI=1S/C44H25ClO/c45-39-22-11-15-29-30-24-31-28-14-3-10-23-40(28)46-41(31)25-38(30)44(42(29)39)36-20-8-6-18-34(36)43(35-19-7-9-21-37(35)44)32-16-4-1-12-26(32)27-13-2-5-17-33(27)43/h1-25H. The molecule has 0 radical (unpaired) electrons. The van der Waals surface area contributed by atoms with Crippen molar-refractivity contribution in [3.05, 3.63) is 201 Å². The molecule has 0 saturated heterocycles. The van der Waals surface area contributed by atoms with E-state index in [0.717, 1.165) is 32.5 Å². The lowest BCUT2D eigenvalue weighted by Gasteiger charge is -2.49. The van der Waals surface area contributed by atoms with Crippen LogP contribution in [0.5, 0.6) is 0 Å². The van der Waals surface area contributed by atoms with Crippen LogP contribution in [0, 0.1) is 0 Å². The lowest BCUT2D eigenvalue weighted by atomic mass is 9.52. The average Bonchev–Trinajstić information content (AvgIpc) is 3.72. The zero-order chi connectivity index (χ0) is 30.2. The van der Waals surface area contributed by atoms with Crippen LogP contribution in [0.25, 0.3) is 44.2 Å². The van der Waals surface area contributed by atoms with Crippen molar-refractivity contribution in [1.82, 2.24) is 0 Å². The minimum atomic E-state index is -0.638. The van der Waals surface area contributed by atoms with Crippen molar-refractivity contribution in [2.45, 2.75) is 10.8 Å². The van der Waals surface area contributed by atoms with Gasteiger partial charge in [0.15, 0.2) is 0 Å². The Morgan fingerprint density at radius 2 is 0.891 bits per heavy atom. The van der Waals surface area contributed by atoms with Crippen molar-refractivity contribution in [1.29, 1.82) is 0 Å². The molecule has 2 heteroatoms. The molecule has 0 fully saturated rings. The molecule has 3 aliphatic carbocycles. The number of rotatable bonds is 0. The highest BCUT2D eigenvalue weighted by Gasteiger charge is 2.59. The summed E-state index contributed by atoms with van der Waals surface area (Å²) in [6.07, 6.45) is 0. The van der Waals surface area contributed by atoms with Crippen LogP contribution in [-0.2, 0) is 10.8 Å². The summed E-state index contributed by atoms with van der Waals surface area (Å²) in [5.74, 6) is 0. The number of benzene rings is 7. The van der Waals surface area contributed by atoms with E-state index in [2.05, 4.69) is 146 Å². The van der Waals surface area contributed by atoms with Crippen LogP contribution in [0.2, 0.25) is 5.02 Å². The first-order valence-corrected chi connectivity index (χ1v) is 16.3. The maximum absolute atomic E-state index is 7.41. The van der Waals surface area contributed by atoms with Crippen LogP contribution in [0.3, 0.4) is 0 Å². The smallest absolute Gasteiger partial charge is 0.135 e. The van der Waals surface area contributed by atoms with Gasteiger partial charge >= 0.3 is 0 Å². The third kappa shape index (κ3) is 2.65. The summed E-state index contributed by atoms with van der Waals surface area (Å²) >= 11 is 7.41. The number of hydrogen-bond acceptors (Lipinski definition) is 1. The van der Waals surface area contributed by atoms with E-state index in [4.69, 9.17) is 16.0 Å². The Morgan fingerprint density at radius 1 is 0.370 bits per heavy atom. The first-order chi connectivity index (χ1) is 22.7. The molecule has 3 aliphatic rings. The van der Waals surface area contributed by atoms with Gasteiger partial charge in [-0.25, -0.2) is 0 Å². The molecule has 0 aliphatic heterocycles. The van der Waals surface area contributed by atoms with Crippen LogP contribution < -0.4 is 0 Å². The molecule has 0 unspecified atom stereocenters. The van der Waals surface area contributed by atoms with Gasteiger partial charge in [0, 0.05) is 15.8 Å². The molecule has 0 bridgehead atoms. The van der Waals surface area contributed by atoms with Gasteiger partial charge in [0.1, 0.15) is 11.2 Å². The Hall–Kier alpha value is -5.37. The van der Waals surface area contributed by atoms with E-state index in [1.807, 2.05) is 6.07 Å². The molecule has 7 aromatic carbocycles. The lowest BCUT2D eigenvalue weighted by Crippen LogP contribution is -2.43. The first-order valence-electron chi connectivity index (χ1n) is 15.9. The van der Waals surface area contributed by atoms with E-state index >= 15 is 0 Å². The van der Waals surface area contributed by atoms with Gasteiger partial charge in [-0.3, -0.25) is 0 Å². The summed E-state index contributed by atoms with van der Waals surface area (Å²) in [5, 5.41) is 3.04. The number of halogens is 1. The molecule has 11 rings (SSSR count). The molecule has 0 saturated carbocycles. The molecule has 1 heterocycles. The van der Waals surface area contributed by atoms with Gasteiger partial charge in [-0.2, -0.15) is 0 Å². The Balaban J connectivity index is 1.37. The Bertz CT molecular complexity index is 2530. The molecule has 214 valence electrons. The molecular formula is C44H25ClO. The zero-order valence-electron chi connectivity index (χ0n) is 24.7. The SMILES string of the molecule is Clc1cccc2c1C1(c3cc4oc5ccccc5c4cc3-2)c2ccccc2C2(c3ccccc3-c3ccccc32)c2ccccc21. The van der Waals surface area contributed by atoms with Gasteiger partial charge in [0.2, 0.25) is 0 Å². The normalized spacial score (nSPS) is 15.4. The van der Waals surface area contributed by atoms with Crippen molar-refractivity contribution in [2.75, 3.05) is 0 Å². The lowest BCUT2D eigenvalue weighted by molar-refractivity contribution is 0.630. The van der Waals surface area contributed by atoms with E-state index < -0.39 is 10.8 Å². The zero-order valence-corrected chi connectivity index (χ0v) is 25.5. The van der Waals surface area contributed by atoms with Crippen LogP contribution in [0.1, 0.15) is 44.5 Å². The maximum Gasteiger partial charge on any atom is 0.135 e. The Labute approximate surface area is 271 Å². The number of para-hydroxylation sites is 1. The number of furan rings is 1. The minimum absolute atomic E-state index is 0.473. The summed E-state index contributed by atoms with van der Waals surface area (Å²) in [6, 6.07) is 55.6. The van der Waals surface area contributed by atoms with E-state index in [9.17, 15) is 0 Å². The molecule has 8 aromatic rings. The van der Waals surface area contributed by atoms with Crippen LogP contribution in [0.15, 0.2) is 156 Å². The summed E-state index contributed by atoms with van der Waals surface area (Å²) in [5.41, 5.74) is 15.9. The fourth-order valence-corrected chi connectivity index (χ4v) is 9.82. The second kappa shape index (κ2) is 8.46. The quantitative estimate of drug-likeness (QED) is 0.168. The van der Waals surface area contributed by atoms with Crippen molar-refractivity contribution in [2.24, 2.45) is 0 Å². The summed E-state index contributed by atoms with van der Waals surface area (Å²) < 4.78 is 6.57. The third-order valence-electron chi connectivity index (χ3n) is 11.0. The predicted octanol–water partition coefficient (Wildman–Crippen LogP) is 11.3. The molecule has 46 heavy (non-hydrogen) atoms. The van der Waals surface area contributed by atoms with Crippen LogP contribution in [-0.4, -0.2) is 0 Å². The van der Waals surface area contributed by atoms with Gasteiger partial charge in [-0.1, -0.05) is 139 Å². The average molecular weight is 605 g/mol. The van der Waals surface area contributed by atoms with E-state index in [-0.39, 0.29) is 0 Å². The van der Waals surface area contributed by atoms with Crippen molar-refractivity contribution in [3.8, 4) is 22.3 Å². The minimum Gasteiger partial charge on any atom is -0.456 e. The summed E-state index contributed by atoms with van der Waals surface area (Å²) in [6.45, 7) is 0. The second-order valence-electron chi connectivity index (χ2n) is 12.8. The van der Waals surface area contributed by atoms with E-state index in [0.29, 0.717) is 0 Å². The maximum atomic E-state index is 7.41. The third-order valence-corrected chi connectivity index (χ3v) is 11.3. The molecule has 1 nitrogen and oxygen atoms in total. The fraction of sp³-hybridized carbons (Fsp3) is 0.0455. The highest BCUT2D eigenvalue weighted by atomic mass is 35.5. The highest BCUT2D eigenvalue weighted by molar-refractivity contribution is 6.32. The Morgan fingerprint density at radius 3 is 1.54 bits per heavy atom. The summed E-state index contributed by atoms with van der Waals surface area (Å²) in [7, 11) is 0.